The molecule has 2 aromatic heterocycles. The molecule has 22 heteroatoms. The van der Waals surface area contributed by atoms with Gasteiger partial charge in [-0.1, -0.05) is 26.0 Å². The lowest BCUT2D eigenvalue weighted by molar-refractivity contribution is -0.107. The Labute approximate surface area is 394 Å². The van der Waals surface area contributed by atoms with E-state index in [0.29, 0.717) is 78.5 Å². The number of hydrogen-bond acceptors (Lipinski definition) is 17. The van der Waals surface area contributed by atoms with Gasteiger partial charge in [0.25, 0.3) is 0 Å². The van der Waals surface area contributed by atoms with Gasteiger partial charge >= 0.3 is 29.2 Å². The second kappa shape index (κ2) is 23.5. The van der Waals surface area contributed by atoms with Crippen LogP contribution in [0.3, 0.4) is 0 Å². The van der Waals surface area contributed by atoms with Crippen molar-refractivity contribution in [3.63, 3.8) is 0 Å². The summed E-state index contributed by atoms with van der Waals surface area (Å²) in [5.74, 6) is 1.38. The maximum absolute atomic E-state index is 14.3. The molecule has 5 aliphatic rings. The largest absolute Gasteiger partial charge is 0.474 e. The lowest BCUT2D eigenvalue weighted by atomic mass is 9.70. The zero-order chi connectivity index (χ0) is 48.3. The van der Waals surface area contributed by atoms with Gasteiger partial charge in [-0.25, -0.2) is 33.5 Å². The molecule has 3 N–H and O–H groups in total. The highest BCUT2D eigenvalue weighted by atomic mass is 32.1. The molecule has 18 nitrogen and oxygen atoms in total. The minimum absolute atomic E-state index is 0.000994. The molecule has 67 heavy (non-hydrogen) atoms. The van der Waals surface area contributed by atoms with Gasteiger partial charge in [-0.15, -0.1) is 0 Å². The first kappa shape index (κ1) is 50.9. The van der Waals surface area contributed by atoms with E-state index < -0.39 is 23.1 Å². The molecule has 1 saturated carbocycles. The summed E-state index contributed by atoms with van der Waals surface area (Å²) >= 11 is -1.50. The summed E-state index contributed by atoms with van der Waals surface area (Å²) in [6.45, 7) is 14.2. The zero-order valence-corrected chi connectivity index (χ0v) is 39.8. The molecule has 9 rings (SSSR count). The quantitative estimate of drug-likeness (QED) is 0.164. The number of fused-ring (bicyclic) bond motifs is 4. The van der Waals surface area contributed by atoms with Gasteiger partial charge in [-0.2, -0.15) is 16.8 Å². The van der Waals surface area contributed by atoms with Gasteiger partial charge in [-0.05, 0) is 81.3 Å². The van der Waals surface area contributed by atoms with Crippen LogP contribution in [-0.2, 0) is 37.4 Å². The number of carbonyl (C=O) groups is 1. The monoisotopic (exact) mass is 970 g/mol. The number of ether oxygens (including phenoxy) is 5. The maximum atomic E-state index is 14.3. The molecule has 4 atom stereocenters. The van der Waals surface area contributed by atoms with E-state index in [1.807, 2.05) is 44.7 Å². The third-order valence-corrected chi connectivity index (χ3v) is 12.1. The van der Waals surface area contributed by atoms with Gasteiger partial charge in [0.1, 0.15) is 54.2 Å². The molecule has 5 fully saturated rings. The Morgan fingerprint density at radius 1 is 0.687 bits per heavy atom. The van der Waals surface area contributed by atoms with Crippen LogP contribution in [0.25, 0.3) is 0 Å². The van der Waals surface area contributed by atoms with Crippen LogP contribution in [0.4, 0.5) is 36.6 Å². The molecular weight excluding hydrogens is 915 g/mol. The van der Waals surface area contributed by atoms with Gasteiger partial charge in [-0.3, -0.25) is 4.90 Å². The lowest BCUT2D eigenvalue weighted by Crippen LogP contribution is -2.61. The second-order valence-electron chi connectivity index (χ2n) is 18.0. The number of amides is 1. The molecule has 0 radical (unpaired) electrons. The molecule has 4 unspecified atom stereocenters. The van der Waals surface area contributed by atoms with Gasteiger partial charge in [0.2, 0.25) is 11.8 Å². The molecule has 4 aromatic rings. The van der Waals surface area contributed by atoms with Crippen molar-refractivity contribution in [2.45, 2.75) is 123 Å². The Hall–Kier alpha value is -5.55. The van der Waals surface area contributed by atoms with Gasteiger partial charge in [0.15, 0.2) is 0 Å². The fourth-order valence-electron chi connectivity index (χ4n) is 8.97. The SMILES string of the molecule is Cc1ccc(Nc2ncnc(OC3CC4COCC(C3)N4)c2C)c(F)c1.Cc1ccc(Nc2ncnc(OC3CC4COCC(C3)N4C(=O)OC3CC(C)(C)C3)c2C)c(F)c1.O=S=O.O=S=O. The third-order valence-electron chi connectivity index (χ3n) is 12.1. The number of halogens is 2. The zero-order valence-electron chi connectivity index (χ0n) is 38.1. The van der Waals surface area contributed by atoms with Crippen molar-refractivity contribution in [2.75, 3.05) is 37.1 Å². The molecule has 6 heterocycles. The Balaban J connectivity index is 0.000000205. The van der Waals surface area contributed by atoms with E-state index in [9.17, 15) is 13.6 Å². The van der Waals surface area contributed by atoms with Crippen LogP contribution in [0.1, 0.15) is 74.6 Å². The van der Waals surface area contributed by atoms with Crippen LogP contribution in [0.15, 0.2) is 49.1 Å². The van der Waals surface area contributed by atoms with Gasteiger partial charge in [0, 0.05) is 37.8 Å². The van der Waals surface area contributed by atoms with Crippen LogP contribution in [0.5, 0.6) is 11.8 Å². The summed E-state index contributed by atoms with van der Waals surface area (Å²) < 4.78 is 91.2. The number of benzene rings is 2. The molecule has 362 valence electrons. The summed E-state index contributed by atoms with van der Waals surface area (Å²) in [6, 6.07) is 10.5. The van der Waals surface area contributed by atoms with Crippen molar-refractivity contribution in [3.8, 4) is 11.8 Å². The molecule has 2 aromatic carbocycles. The van der Waals surface area contributed by atoms with Crippen LogP contribution in [0, 0.1) is 44.7 Å². The van der Waals surface area contributed by atoms with Crippen LogP contribution in [-0.4, -0.2) is 117 Å². The maximum Gasteiger partial charge on any atom is 0.410 e. The standard InChI is InChI=1S/C26H33FN4O4.C19H23FN4O2.2O2S/c1-15-5-6-22(21(27)7-15)30-23-16(2)24(29-14-28-23)34-19-8-17-12-33-13-18(9-19)31(17)25(32)35-20-10-26(3,4)11-20;1-11-3-4-17(16(20)5-11)24-18-12(2)19(22-10-21-18)26-15-6-13-8-25-9-14(7-15)23-13;2*1-3-2/h5-7,14,17-20H,8-13H2,1-4H3,(H,28,29,30);3-5,10,13-15,23H,6-9H2,1-2H3,(H,21,22,24);;. The number of carbonyl (C=O) groups excluding carboxylic acids is 1. The molecule has 0 spiro atoms. The van der Waals surface area contributed by atoms with E-state index in [4.69, 9.17) is 40.5 Å². The third kappa shape index (κ3) is 13.8. The predicted octanol–water partition coefficient (Wildman–Crippen LogP) is 6.45. The number of anilines is 4. The van der Waals surface area contributed by atoms with Crippen molar-refractivity contribution >= 4 is 52.2 Å². The van der Waals surface area contributed by atoms with E-state index >= 15 is 0 Å². The first-order valence-electron chi connectivity index (χ1n) is 21.9. The summed E-state index contributed by atoms with van der Waals surface area (Å²) in [5.41, 5.74) is 4.16. The van der Waals surface area contributed by atoms with Crippen LogP contribution in [0.2, 0.25) is 0 Å². The van der Waals surface area contributed by atoms with Crippen molar-refractivity contribution < 1.29 is 54.1 Å². The second-order valence-corrected chi connectivity index (χ2v) is 18.3. The van der Waals surface area contributed by atoms with Crippen molar-refractivity contribution in [3.05, 3.63) is 82.9 Å². The highest BCUT2D eigenvalue weighted by Crippen LogP contribution is 2.43. The molecule has 1 aliphatic carbocycles. The number of morpholine rings is 2. The van der Waals surface area contributed by atoms with Gasteiger partial charge in [0.05, 0.1) is 61.0 Å². The minimum Gasteiger partial charge on any atom is -0.474 e. The topological polar surface area (TPSA) is 222 Å². The van der Waals surface area contributed by atoms with E-state index in [1.165, 1.54) is 24.8 Å². The van der Waals surface area contributed by atoms with E-state index in [2.05, 4.69) is 49.7 Å². The lowest BCUT2D eigenvalue weighted by Gasteiger charge is -2.49. The van der Waals surface area contributed by atoms with Crippen molar-refractivity contribution in [2.24, 2.45) is 5.41 Å². The number of piperidine rings is 2. The summed E-state index contributed by atoms with van der Waals surface area (Å²) in [4.78, 5) is 32.0. The Morgan fingerprint density at radius 3 is 1.55 bits per heavy atom. The normalized spacial score (nSPS) is 23.4. The first-order chi connectivity index (χ1) is 32.1. The summed E-state index contributed by atoms with van der Waals surface area (Å²) in [5, 5.41) is 9.64. The molecule has 4 bridgehead atoms. The van der Waals surface area contributed by atoms with E-state index in [1.54, 1.807) is 12.1 Å². The number of aryl methyl sites for hydroxylation is 2. The Bertz CT molecular complexity index is 2380. The number of aromatic nitrogens is 4. The number of rotatable bonds is 9. The Morgan fingerprint density at radius 2 is 1.12 bits per heavy atom. The van der Waals surface area contributed by atoms with E-state index in [-0.39, 0.29) is 53.5 Å². The average Bonchev–Trinajstić information content (AvgIpc) is 3.25. The minimum atomic E-state index is -0.750. The number of nitrogens with one attached hydrogen (secondary N) is 3. The van der Waals surface area contributed by atoms with E-state index in [0.717, 1.165) is 55.6 Å². The number of hydrogen-bond donors (Lipinski definition) is 3. The Kier molecular flexibility index (Phi) is 17.8. The van der Waals surface area contributed by atoms with Crippen LogP contribution >= 0.6 is 0 Å². The molecular formula is C45H56F2N8O10S2. The molecule has 4 aliphatic heterocycles. The van der Waals surface area contributed by atoms with Crippen LogP contribution < -0.4 is 25.4 Å². The average molecular weight is 971 g/mol. The highest BCUT2D eigenvalue weighted by molar-refractivity contribution is 7.51. The molecule has 1 amide bonds. The fraction of sp³-hybridized carbons (Fsp3) is 0.533. The number of nitrogens with zero attached hydrogens (tertiary/aromatic N) is 5. The fourth-order valence-corrected chi connectivity index (χ4v) is 8.97. The molecule has 4 saturated heterocycles. The predicted molar refractivity (Wildman–Crippen MR) is 243 cm³/mol. The van der Waals surface area contributed by atoms with Crippen molar-refractivity contribution in [1.82, 2.24) is 30.2 Å². The highest BCUT2D eigenvalue weighted by Gasteiger charge is 2.46. The van der Waals surface area contributed by atoms with Gasteiger partial charge < -0.3 is 39.6 Å². The smallest absolute Gasteiger partial charge is 0.410 e. The first-order valence-corrected chi connectivity index (χ1v) is 23.2. The van der Waals surface area contributed by atoms with Crippen molar-refractivity contribution in [1.29, 1.82) is 0 Å². The summed E-state index contributed by atoms with van der Waals surface area (Å²) in [6.07, 6.45) is 7.40. The summed E-state index contributed by atoms with van der Waals surface area (Å²) in [7, 11) is 0.